The molecule has 92 valence electrons. The highest BCUT2D eigenvalue weighted by molar-refractivity contribution is 5.50. The predicted molar refractivity (Wildman–Crippen MR) is 74.2 cm³/mol. The van der Waals surface area contributed by atoms with Crippen molar-refractivity contribution < 1.29 is 0 Å². The van der Waals surface area contributed by atoms with E-state index >= 15 is 0 Å². The van der Waals surface area contributed by atoms with E-state index in [0.29, 0.717) is 0 Å². The van der Waals surface area contributed by atoms with Crippen molar-refractivity contribution in [2.75, 3.05) is 18.0 Å². The molecule has 1 aromatic rings. The zero-order valence-electron chi connectivity index (χ0n) is 10.8. The van der Waals surface area contributed by atoms with Crippen LogP contribution >= 0.6 is 0 Å². The third-order valence-corrected chi connectivity index (χ3v) is 3.46. The van der Waals surface area contributed by atoms with Crippen LogP contribution in [0.3, 0.4) is 0 Å². The van der Waals surface area contributed by atoms with Crippen molar-refractivity contribution in [2.45, 2.75) is 32.7 Å². The van der Waals surface area contributed by atoms with Gasteiger partial charge >= 0.3 is 0 Å². The van der Waals surface area contributed by atoms with E-state index < -0.39 is 0 Å². The summed E-state index contributed by atoms with van der Waals surface area (Å²) in [7, 11) is 0. The molecule has 0 unspecified atom stereocenters. The molecule has 0 bridgehead atoms. The van der Waals surface area contributed by atoms with Crippen LogP contribution in [0.1, 0.15) is 38.3 Å². The Morgan fingerprint density at radius 1 is 1.29 bits per heavy atom. The standard InChI is InChI=1S/C15H22N2/c1-3-15(16)13-6-8-14(9-7-13)17-10-4-5-12(2)11-17/h5-9,15H,3-4,10-11,16H2,1-2H3/t15-/m1/s1. The average Bonchev–Trinajstić information content (AvgIpc) is 2.38. The number of anilines is 1. The summed E-state index contributed by atoms with van der Waals surface area (Å²) >= 11 is 0. The molecule has 2 nitrogen and oxygen atoms in total. The fourth-order valence-corrected chi connectivity index (χ4v) is 2.30. The normalized spacial score (nSPS) is 17.8. The van der Waals surface area contributed by atoms with E-state index in [1.165, 1.54) is 16.8 Å². The lowest BCUT2D eigenvalue weighted by Crippen LogP contribution is -2.29. The first-order valence-corrected chi connectivity index (χ1v) is 6.47. The molecule has 2 heteroatoms. The quantitative estimate of drug-likeness (QED) is 0.808. The zero-order chi connectivity index (χ0) is 12.3. The number of nitrogens with zero attached hydrogens (tertiary/aromatic N) is 1. The van der Waals surface area contributed by atoms with Gasteiger partial charge in [0.15, 0.2) is 0 Å². The first-order valence-electron chi connectivity index (χ1n) is 6.47. The summed E-state index contributed by atoms with van der Waals surface area (Å²) in [5.74, 6) is 0. The van der Waals surface area contributed by atoms with Crippen molar-refractivity contribution in [1.82, 2.24) is 0 Å². The van der Waals surface area contributed by atoms with Gasteiger partial charge in [-0.2, -0.15) is 0 Å². The van der Waals surface area contributed by atoms with Crippen molar-refractivity contribution in [1.29, 1.82) is 0 Å². The topological polar surface area (TPSA) is 29.3 Å². The number of hydrogen-bond acceptors (Lipinski definition) is 2. The maximum absolute atomic E-state index is 6.02. The zero-order valence-corrected chi connectivity index (χ0v) is 10.8. The highest BCUT2D eigenvalue weighted by Gasteiger charge is 2.11. The summed E-state index contributed by atoms with van der Waals surface area (Å²) in [6, 6.07) is 8.90. The summed E-state index contributed by atoms with van der Waals surface area (Å²) in [6.45, 7) is 6.50. The molecule has 1 aromatic carbocycles. The molecule has 1 atom stereocenters. The van der Waals surface area contributed by atoms with E-state index in [-0.39, 0.29) is 6.04 Å². The molecular formula is C15H22N2. The minimum atomic E-state index is 0.173. The van der Waals surface area contributed by atoms with Gasteiger partial charge in [-0.1, -0.05) is 30.7 Å². The van der Waals surface area contributed by atoms with Crippen molar-refractivity contribution >= 4 is 5.69 Å². The summed E-state index contributed by atoms with van der Waals surface area (Å²) in [6.07, 6.45) is 4.48. The maximum atomic E-state index is 6.02. The fraction of sp³-hybridized carbons (Fsp3) is 0.467. The van der Waals surface area contributed by atoms with Crippen molar-refractivity contribution in [3.63, 3.8) is 0 Å². The lowest BCUT2D eigenvalue weighted by molar-refractivity contribution is 0.698. The van der Waals surface area contributed by atoms with Gasteiger partial charge in [-0.25, -0.2) is 0 Å². The molecule has 17 heavy (non-hydrogen) atoms. The van der Waals surface area contributed by atoms with Gasteiger partial charge in [0.05, 0.1) is 0 Å². The summed E-state index contributed by atoms with van der Waals surface area (Å²) in [5.41, 5.74) is 10.0. The Hall–Kier alpha value is -1.28. The Morgan fingerprint density at radius 3 is 2.59 bits per heavy atom. The Balaban J connectivity index is 2.10. The van der Waals surface area contributed by atoms with Crippen LogP contribution in [-0.4, -0.2) is 13.1 Å². The van der Waals surface area contributed by atoms with Crippen LogP contribution < -0.4 is 10.6 Å². The molecule has 1 aliphatic heterocycles. The van der Waals surface area contributed by atoms with Gasteiger partial charge in [-0.15, -0.1) is 0 Å². The van der Waals surface area contributed by atoms with E-state index in [2.05, 4.69) is 49.1 Å². The Kier molecular flexibility index (Phi) is 3.85. The highest BCUT2D eigenvalue weighted by atomic mass is 15.1. The number of rotatable bonds is 3. The molecule has 2 rings (SSSR count). The molecule has 1 aliphatic rings. The number of nitrogens with two attached hydrogens (primary N) is 1. The first kappa shape index (κ1) is 12.2. The number of hydrogen-bond donors (Lipinski definition) is 1. The second-order valence-electron chi connectivity index (χ2n) is 4.87. The fourth-order valence-electron chi connectivity index (χ4n) is 2.30. The van der Waals surface area contributed by atoms with Crippen LogP contribution in [0.5, 0.6) is 0 Å². The molecule has 0 saturated carbocycles. The van der Waals surface area contributed by atoms with Gasteiger partial charge < -0.3 is 10.6 Å². The van der Waals surface area contributed by atoms with Crippen molar-refractivity contribution in [3.05, 3.63) is 41.5 Å². The second kappa shape index (κ2) is 5.37. The van der Waals surface area contributed by atoms with E-state index in [1.54, 1.807) is 0 Å². The van der Waals surface area contributed by atoms with Gasteiger partial charge in [0.1, 0.15) is 0 Å². The summed E-state index contributed by atoms with van der Waals surface area (Å²) in [5, 5.41) is 0. The predicted octanol–water partition coefficient (Wildman–Crippen LogP) is 3.25. The van der Waals surface area contributed by atoms with Crippen molar-refractivity contribution in [2.24, 2.45) is 5.73 Å². The van der Waals surface area contributed by atoms with Crippen molar-refractivity contribution in [3.8, 4) is 0 Å². The van der Waals surface area contributed by atoms with Crippen LogP contribution in [-0.2, 0) is 0 Å². The van der Waals surface area contributed by atoms with Gasteiger partial charge in [0, 0.05) is 24.8 Å². The van der Waals surface area contributed by atoms with E-state index in [0.717, 1.165) is 25.9 Å². The SMILES string of the molecule is CC[C@@H](N)c1ccc(N2CCC=C(C)C2)cc1. The minimum Gasteiger partial charge on any atom is -0.367 e. The smallest absolute Gasteiger partial charge is 0.0386 e. The number of benzene rings is 1. The summed E-state index contributed by atoms with van der Waals surface area (Å²) < 4.78 is 0. The molecule has 1 heterocycles. The molecule has 0 aliphatic carbocycles. The third-order valence-electron chi connectivity index (χ3n) is 3.46. The minimum absolute atomic E-state index is 0.173. The van der Waals surface area contributed by atoms with E-state index in [1.807, 2.05) is 0 Å². The molecule has 2 N–H and O–H groups in total. The molecule has 0 radical (unpaired) electrons. The average molecular weight is 230 g/mol. The maximum Gasteiger partial charge on any atom is 0.0386 e. The first-order chi connectivity index (χ1) is 8.20. The van der Waals surface area contributed by atoms with Crippen LogP contribution in [0.15, 0.2) is 35.9 Å². The van der Waals surface area contributed by atoms with Crippen LogP contribution in [0.2, 0.25) is 0 Å². The molecule has 0 fully saturated rings. The van der Waals surface area contributed by atoms with Crippen LogP contribution in [0.25, 0.3) is 0 Å². The van der Waals surface area contributed by atoms with Gasteiger partial charge in [0.25, 0.3) is 0 Å². The Labute approximate surface area is 104 Å². The van der Waals surface area contributed by atoms with Crippen LogP contribution in [0.4, 0.5) is 5.69 Å². The molecule has 0 saturated heterocycles. The Morgan fingerprint density at radius 2 is 2.00 bits per heavy atom. The Bertz CT molecular complexity index is 392. The molecular weight excluding hydrogens is 208 g/mol. The van der Waals surface area contributed by atoms with Gasteiger partial charge in [0.2, 0.25) is 0 Å². The highest BCUT2D eigenvalue weighted by Crippen LogP contribution is 2.22. The molecule has 0 aromatic heterocycles. The lowest BCUT2D eigenvalue weighted by atomic mass is 10.0. The lowest BCUT2D eigenvalue weighted by Gasteiger charge is -2.28. The third kappa shape index (κ3) is 2.89. The van der Waals surface area contributed by atoms with Crippen LogP contribution in [0, 0.1) is 0 Å². The summed E-state index contributed by atoms with van der Waals surface area (Å²) in [4.78, 5) is 2.43. The van der Waals surface area contributed by atoms with E-state index in [4.69, 9.17) is 5.73 Å². The second-order valence-corrected chi connectivity index (χ2v) is 4.87. The van der Waals surface area contributed by atoms with Gasteiger partial charge in [-0.05, 0) is 37.5 Å². The monoisotopic (exact) mass is 230 g/mol. The largest absolute Gasteiger partial charge is 0.367 e. The molecule has 0 spiro atoms. The van der Waals surface area contributed by atoms with E-state index in [9.17, 15) is 0 Å². The van der Waals surface area contributed by atoms with Gasteiger partial charge in [-0.3, -0.25) is 0 Å². The molecule has 0 amide bonds.